The first-order valence-electron chi connectivity index (χ1n) is 8.52. The van der Waals surface area contributed by atoms with Gasteiger partial charge in [0, 0.05) is 32.2 Å². The number of nitrogens with zero attached hydrogens (tertiary/aromatic N) is 3. The van der Waals surface area contributed by atoms with E-state index in [0.717, 1.165) is 49.4 Å². The molecule has 24 heavy (non-hydrogen) atoms. The first-order valence-corrected chi connectivity index (χ1v) is 8.52. The van der Waals surface area contributed by atoms with Gasteiger partial charge in [0.15, 0.2) is 0 Å². The number of fused-ring (bicyclic) bond motifs is 1. The SMILES string of the molecule is N#Cc1ccccc1N1CCN(C2Cc3ccccc3C2O)CC1. The lowest BCUT2D eigenvalue weighted by Gasteiger charge is -2.40. The molecule has 2 aromatic carbocycles. The standard InChI is InChI=1S/C20H21N3O/c21-14-16-6-2-4-8-18(16)22-9-11-23(12-10-22)19-13-15-5-1-3-7-17(15)20(19)24/h1-8,19-20,24H,9-13H2. The molecule has 1 fully saturated rings. The third-order valence-corrected chi connectivity index (χ3v) is 5.32. The van der Waals surface area contributed by atoms with Crippen LogP contribution >= 0.6 is 0 Å². The van der Waals surface area contributed by atoms with Gasteiger partial charge < -0.3 is 10.0 Å². The van der Waals surface area contributed by atoms with E-state index >= 15 is 0 Å². The molecule has 2 unspecified atom stereocenters. The van der Waals surface area contributed by atoms with Gasteiger partial charge in [0.2, 0.25) is 0 Å². The first kappa shape index (κ1) is 15.2. The molecule has 0 aromatic heterocycles. The van der Waals surface area contributed by atoms with E-state index in [1.54, 1.807) is 0 Å². The maximum absolute atomic E-state index is 10.7. The second kappa shape index (κ2) is 6.27. The second-order valence-corrected chi connectivity index (χ2v) is 6.57. The van der Waals surface area contributed by atoms with Crippen molar-refractivity contribution in [3.8, 4) is 6.07 Å². The van der Waals surface area contributed by atoms with E-state index in [9.17, 15) is 10.4 Å². The highest BCUT2D eigenvalue weighted by Gasteiger charge is 2.36. The number of hydrogen-bond acceptors (Lipinski definition) is 4. The van der Waals surface area contributed by atoms with Crippen LogP contribution in [-0.2, 0) is 6.42 Å². The highest BCUT2D eigenvalue weighted by Crippen LogP contribution is 2.35. The average molecular weight is 319 g/mol. The molecule has 0 bridgehead atoms. The van der Waals surface area contributed by atoms with Crippen LogP contribution in [-0.4, -0.2) is 42.2 Å². The zero-order chi connectivity index (χ0) is 16.5. The fourth-order valence-electron chi connectivity index (χ4n) is 4.02. The fourth-order valence-corrected chi connectivity index (χ4v) is 4.02. The minimum atomic E-state index is -0.390. The largest absolute Gasteiger partial charge is 0.387 e. The fraction of sp³-hybridized carbons (Fsp3) is 0.350. The van der Waals surface area contributed by atoms with E-state index in [-0.39, 0.29) is 12.1 Å². The van der Waals surface area contributed by atoms with Crippen LogP contribution in [0.1, 0.15) is 22.8 Å². The molecular weight excluding hydrogens is 298 g/mol. The van der Waals surface area contributed by atoms with Gasteiger partial charge in [0.1, 0.15) is 6.07 Å². The van der Waals surface area contributed by atoms with Gasteiger partial charge in [0.25, 0.3) is 0 Å². The van der Waals surface area contributed by atoms with Crippen LogP contribution in [0.25, 0.3) is 0 Å². The van der Waals surface area contributed by atoms with Gasteiger partial charge in [-0.05, 0) is 29.7 Å². The number of anilines is 1. The summed E-state index contributed by atoms with van der Waals surface area (Å²) < 4.78 is 0. The van der Waals surface area contributed by atoms with E-state index in [2.05, 4.69) is 21.9 Å². The Labute approximate surface area is 142 Å². The quantitative estimate of drug-likeness (QED) is 0.923. The van der Waals surface area contributed by atoms with Crippen LogP contribution in [0, 0.1) is 11.3 Å². The van der Waals surface area contributed by atoms with Crippen LogP contribution in [0.2, 0.25) is 0 Å². The van der Waals surface area contributed by atoms with Gasteiger partial charge in [-0.2, -0.15) is 5.26 Å². The molecule has 4 heteroatoms. The molecular formula is C20H21N3O. The Bertz CT molecular complexity index is 774. The maximum Gasteiger partial charge on any atom is 0.101 e. The molecule has 4 rings (SSSR count). The molecule has 1 heterocycles. The van der Waals surface area contributed by atoms with Crippen LogP contribution in [0.3, 0.4) is 0 Å². The summed E-state index contributed by atoms with van der Waals surface area (Å²) >= 11 is 0. The monoisotopic (exact) mass is 319 g/mol. The van der Waals surface area contributed by atoms with E-state index < -0.39 is 0 Å². The summed E-state index contributed by atoms with van der Waals surface area (Å²) in [5.74, 6) is 0. The molecule has 1 N–H and O–H groups in total. The lowest BCUT2D eigenvalue weighted by Crippen LogP contribution is -2.51. The van der Waals surface area contributed by atoms with E-state index in [4.69, 9.17) is 0 Å². The van der Waals surface area contributed by atoms with Crippen LogP contribution in [0.15, 0.2) is 48.5 Å². The van der Waals surface area contributed by atoms with Crippen molar-refractivity contribution in [3.05, 3.63) is 65.2 Å². The summed E-state index contributed by atoms with van der Waals surface area (Å²) in [5, 5.41) is 19.9. The highest BCUT2D eigenvalue weighted by molar-refractivity contribution is 5.59. The normalized spacial score (nSPS) is 23.8. The Balaban J connectivity index is 1.45. The minimum absolute atomic E-state index is 0.177. The molecule has 1 aliphatic heterocycles. The Kier molecular flexibility index (Phi) is 3.97. The van der Waals surface area contributed by atoms with Gasteiger partial charge in [-0.15, -0.1) is 0 Å². The van der Waals surface area contributed by atoms with Crippen molar-refractivity contribution in [2.75, 3.05) is 31.1 Å². The van der Waals surface area contributed by atoms with Gasteiger partial charge in [-0.1, -0.05) is 36.4 Å². The molecule has 0 amide bonds. The van der Waals surface area contributed by atoms with Crippen molar-refractivity contribution in [1.29, 1.82) is 5.26 Å². The van der Waals surface area contributed by atoms with Gasteiger partial charge in [0.05, 0.1) is 17.4 Å². The molecule has 2 aromatic rings. The smallest absolute Gasteiger partial charge is 0.101 e. The summed E-state index contributed by atoms with van der Waals surface area (Å²) in [6.45, 7) is 3.60. The summed E-state index contributed by atoms with van der Waals surface area (Å²) in [5.41, 5.74) is 4.11. The van der Waals surface area contributed by atoms with Crippen molar-refractivity contribution in [1.82, 2.24) is 4.90 Å². The molecule has 1 saturated heterocycles. The lowest BCUT2D eigenvalue weighted by molar-refractivity contribution is 0.0572. The number of aliphatic hydroxyl groups excluding tert-OH is 1. The van der Waals surface area contributed by atoms with Crippen molar-refractivity contribution in [2.45, 2.75) is 18.6 Å². The molecule has 122 valence electrons. The predicted octanol–water partition coefficient (Wildman–Crippen LogP) is 2.34. The maximum atomic E-state index is 10.7. The predicted molar refractivity (Wildman–Crippen MR) is 93.8 cm³/mol. The third kappa shape index (κ3) is 2.56. The molecule has 0 radical (unpaired) electrons. The van der Waals surface area contributed by atoms with Crippen LogP contribution in [0.4, 0.5) is 5.69 Å². The van der Waals surface area contributed by atoms with Gasteiger partial charge >= 0.3 is 0 Å². The lowest BCUT2D eigenvalue weighted by atomic mass is 10.1. The molecule has 2 atom stereocenters. The van der Waals surface area contributed by atoms with E-state index in [1.807, 2.05) is 42.5 Å². The molecule has 1 aliphatic carbocycles. The number of para-hydroxylation sites is 1. The van der Waals surface area contributed by atoms with Crippen molar-refractivity contribution in [2.24, 2.45) is 0 Å². The van der Waals surface area contributed by atoms with Crippen molar-refractivity contribution >= 4 is 5.69 Å². The summed E-state index contributed by atoms with van der Waals surface area (Å²) in [6.07, 6.45) is 0.533. The highest BCUT2D eigenvalue weighted by atomic mass is 16.3. The van der Waals surface area contributed by atoms with Gasteiger partial charge in [-0.3, -0.25) is 4.90 Å². The Hall–Kier alpha value is -2.35. The van der Waals surface area contributed by atoms with Crippen molar-refractivity contribution < 1.29 is 5.11 Å². The van der Waals surface area contributed by atoms with Crippen LogP contribution < -0.4 is 4.90 Å². The Morgan fingerprint density at radius 3 is 2.42 bits per heavy atom. The first-order chi connectivity index (χ1) is 11.8. The number of aliphatic hydroxyl groups is 1. The van der Waals surface area contributed by atoms with Crippen LogP contribution in [0.5, 0.6) is 0 Å². The van der Waals surface area contributed by atoms with E-state index in [1.165, 1.54) is 5.56 Å². The topological polar surface area (TPSA) is 50.5 Å². The van der Waals surface area contributed by atoms with Gasteiger partial charge in [-0.25, -0.2) is 0 Å². The second-order valence-electron chi connectivity index (χ2n) is 6.57. The van der Waals surface area contributed by atoms with E-state index in [0.29, 0.717) is 0 Å². The molecule has 2 aliphatic rings. The minimum Gasteiger partial charge on any atom is -0.387 e. The summed E-state index contributed by atoms with van der Waals surface area (Å²) in [6, 6.07) is 18.5. The zero-order valence-corrected chi connectivity index (χ0v) is 13.6. The summed E-state index contributed by atoms with van der Waals surface area (Å²) in [7, 11) is 0. The average Bonchev–Trinajstić information content (AvgIpc) is 2.99. The van der Waals surface area contributed by atoms with Crippen molar-refractivity contribution in [3.63, 3.8) is 0 Å². The molecule has 4 nitrogen and oxygen atoms in total. The number of benzene rings is 2. The number of rotatable bonds is 2. The zero-order valence-electron chi connectivity index (χ0n) is 13.6. The number of hydrogen-bond donors (Lipinski definition) is 1. The molecule has 0 spiro atoms. The Morgan fingerprint density at radius 1 is 0.958 bits per heavy atom. The Morgan fingerprint density at radius 2 is 1.67 bits per heavy atom. The third-order valence-electron chi connectivity index (χ3n) is 5.32. The number of piperazine rings is 1. The summed E-state index contributed by atoms with van der Waals surface area (Å²) in [4.78, 5) is 4.68. The number of nitriles is 1. The molecule has 0 saturated carbocycles.